The number of ether oxygens (including phenoxy) is 1. The van der Waals surface area contributed by atoms with E-state index in [0.717, 1.165) is 32.0 Å². The van der Waals surface area contributed by atoms with E-state index in [1.165, 1.54) is 64.2 Å². The maximum absolute atomic E-state index is 11.8. The second-order valence-electron chi connectivity index (χ2n) is 7.76. The van der Waals surface area contributed by atoms with Gasteiger partial charge in [0.1, 0.15) is 5.84 Å². The van der Waals surface area contributed by atoms with Crippen molar-refractivity contribution in [1.29, 1.82) is 5.41 Å². The van der Waals surface area contributed by atoms with Crippen molar-refractivity contribution in [2.24, 2.45) is 17.6 Å². The molecule has 0 aliphatic heterocycles. The molecule has 0 bridgehead atoms. The minimum absolute atomic E-state index is 0.0334. The number of unbranched alkanes of at least 4 members (excludes halogenated alkanes) is 7. The lowest BCUT2D eigenvalue weighted by molar-refractivity contribution is -0.123. The molecule has 1 unspecified atom stereocenters. The number of nitrogens with one attached hydrogen (secondary N) is 2. The average Bonchev–Trinajstić information content (AvgIpc) is 3.12. The summed E-state index contributed by atoms with van der Waals surface area (Å²) in [5.74, 6) is 0.247. The number of amides is 1. The van der Waals surface area contributed by atoms with Gasteiger partial charge in [0.25, 0.3) is 0 Å². The molecule has 0 aromatic rings. The van der Waals surface area contributed by atoms with Crippen LogP contribution in [-0.2, 0) is 9.53 Å². The van der Waals surface area contributed by atoms with Gasteiger partial charge < -0.3 is 15.8 Å². The molecule has 1 fully saturated rings. The van der Waals surface area contributed by atoms with Gasteiger partial charge in [-0.25, -0.2) is 0 Å². The molecule has 5 nitrogen and oxygen atoms in total. The van der Waals surface area contributed by atoms with E-state index in [1.807, 2.05) is 6.92 Å². The van der Waals surface area contributed by atoms with Crippen molar-refractivity contribution in [1.82, 2.24) is 5.32 Å². The van der Waals surface area contributed by atoms with Crippen LogP contribution in [0.3, 0.4) is 0 Å². The van der Waals surface area contributed by atoms with Gasteiger partial charge in [0.15, 0.2) is 0 Å². The number of carbonyl (C=O) groups excluding carboxylic acids is 1. The summed E-state index contributed by atoms with van der Waals surface area (Å²) in [7, 11) is 0. The third kappa shape index (κ3) is 10.8. The maximum Gasteiger partial charge on any atom is 0.230 e. The number of hydrogen-bond acceptors (Lipinski definition) is 3. The lowest BCUT2D eigenvalue weighted by Crippen LogP contribution is -2.38. The second kappa shape index (κ2) is 15.0. The first-order valence-electron chi connectivity index (χ1n) is 10.8. The quantitative estimate of drug-likeness (QED) is 0.215. The van der Waals surface area contributed by atoms with E-state index in [-0.39, 0.29) is 11.7 Å². The highest BCUT2D eigenvalue weighted by atomic mass is 16.5. The molecule has 0 aromatic heterocycles. The maximum atomic E-state index is 11.8. The molecule has 0 aromatic carbocycles. The first-order valence-corrected chi connectivity index (χ1v) is 10.8. The van der Waals surface area contributed by atoms with Crippen molar-refractivity contribution in [2.45, 2.75) is 90.4 Å². The number of carbonyl (C=O) groups is 1. The molecular formula is C21H41N3O2. The fourth-order valence-electron chi connectivity index (χ4n) is 3.70. The van der Waals surface area contributed by atoms with Gasteiger partial charge in [-0.15, -0.1) is 0 Å². The minimum Gasteiger partial charge on any atom is -0.387 e. The van der Waals surface area contributed by atoms with Crippen LogP contribution in [0.4, 0.5) is 0 Å². The van der Waals surface area contributed by atoms with Crippen molar-refractivity contribution < 1.29 is 9.53 Å². The van der Waals surface area contributed by atoms with E-state index >= 15 is 0 Å². The van der Waals surface area contributed by atoms with E-state index in [0.29, 0.717) is 13.0 Å². The normalized spacial score (nSPS) is 15.9. The molecule has 0 saturated heterocycles. The highest BCUT2D eigenvalue weighted by Gasteiger charge is 2.18. The molecule has 1 aliphatic carbocycles. The summed E-state index contributed by atoms with van der Waals surface area (Å²) >= 11 is 0. The topological polar surface area (TPSA) is 88.2 Å². The largest absolute Gasteiger partial charge is 0.387 e. The van der Waals surface area contributed by atoms with Crippen LogP contribution < -0.4 is 11.1 Å². The van der Waals surface area contributed by atoms with Crippen LogP contribution in [0, 0.1) is 17.2 Å². The Hall–Kier alpha value is -1.10. The molecule has 1 aliphatic rings. The van der Waals surface area contributed by atoms with Gasteiger partial charge in [-0.2, -0.15) is 0 Å². The zero-order chi connectivity index (χ0) is 19.0. The van der Waals surface area contributed by atoms with Crippen LogP contribution in [0.25, 0.3) is 0 Å². The van der Waals surface area contributed by atoms with Gasteiger partial charge >= 0.3 is 0 Å². The van der Waals surface area contributed by atoms with Crippen LogP contribution >= 0.6 is 0 Å². The van der Waals surface area contributed by atoms with Gasteiger partial charge in [-0.05, 0) is 38.0 Å². The number of nitrogens with two attached hydrogens (primary N) is 1. The van der Waals surface area contributed by atoms with Gasteiger partial charge in [0.2, 0.25) is 5.91 Å². The number of rotatable bonds is 16. The monoisotopic (exact) mass is 367 g/mol. The van der Waals surface area contributed by atoms with Crippen molar-refractivity contribution in [3.63, 3.8) is 0 Å². The average molecular weight is 368 g/mol. The lowest BCUT2D eigenvalue weighted by atomic mass is 10.0. The predicted molar refractivity (Wildman–Crippen MR) is 108 cm³/mol. The van der Waals surface area contributed by atoms with Crippen LogP contribution in [0.5, 0.6) is 0 Å². The Labute approximate surface area is 160 Å². The number of amidine groups is 1. The Morgan fingerprint density at radius 1 is 1.08 bits per heavy atom. The molecule has 1 saturated carbocycles. The molecule has 0 radical (unpaired) electrons. The fourth-order valence-corrected chi connectivity index (χ4v) is 3.70. The molecule has 152 valence electrons. The molecule has 5 heteroatoms. The molecule has 0 spiro atoms. The Kier molecular flexibility index (Phi) is 13.2. The predicted octanol–water partition coefficient (Wildman–Crippen LogP) is 4.39. The summed E-state index contributed by atoms with van der Waals surface area (Å²) < 4.78 is 5.79. The summed E-state index contributed by atoms with van der Waals surface area (Å²) in [6.07, 6.45) is 15.9. The van der Waals surface area contributed by atoms with Gasteiger partial charge in [-0.1, -0.05) is 58.3 Å². The Morgan fingerprint density at radius 2 is 1.65 bits per heavy atom. The first-order chi connectivity index (χ1) is 12.6. The van der Waals surface area contributed by atoms with Gasteiger partial charge in [0, 0.05) is 19.8 Å². The van der Waals surface area contributed by atoms with Gasteiger partial charge in [-0.3, -0.25) is 10.2 Å². The highest BCUT2D eigenvalue weighted by molar-refractivity contribution is 6.00. The van der Waals surface area contributed by atoms with E-state index in [2.05, 4.69) is 5.32 Å². The SMILES string of the molecule is CCC(C(=N)N)C(=O)NCCCCCCCCCCOCC1CCCC1. The summed E-state index contributed by atoms with van der Waals surface area (Å²) in [6.45, 7) is 4.51. The van der Waals surface area contributed by atoms with Crippen LogP contribution in [0.2, 0.25) is 0 Å². The van der Waals surface area contributed by atoms with Crippen LogP contribution in [0.1, 0.15) is 90.4 Å². The van der Waals surface area contributed by atoms with Crippen molar-refractivity contribution in [3.8, 4) is 0 Å². The van der Waals surface area contributed by atoms with Crippen LogP contribution in [-0.4, -0.2) is 31.5 Å². The molecule has 4 N–H and O–H groups in total. The van der Waals surface area contributed by atoms with E-state index in [4.69, 9.17) is 15.9 Å². The summed E-state index contributed by atoms with van der Waals surface area (Å²) in [5.41, 5.74) is 5.43. The van der Waals surface area contributed by atoms with Gasteiger partial charge in [0.05, 0.1) is 5.92 Å². The summed E-state index contributed by atoms with van der Waals surface area (Å²) in [4.78, 5) is 11.8. The Morgan fingerprint density at radius 3 is 2.23 bits per heavy atom. The highest BCUT2D eigenvalue weighted by Crippen LogP contribution is 2.24. The first kappa shape index (κ1) is 22.9. The van der Waals surface area contributed by atoms with E-state index in [1.54, 1.807) is 0 Å². The minimum atomic E-state index is -0.461. The van der Waals surface area contributed by atoms with Crippen molar-refractivity contribution in [3.05, 3.63) is 0 Å². The standard InChI is InChI=1S/C21H41N3O2/c1-2-19(20(22)23)21(25)24-15-11-7-5-3-4-6-8-12-16-26-17-18-13-9-10-14-18/h18-19H,2-17H2,1H3,(H3,22,23)(H,24,25). The Balaban J connectivity index is 1.79. The zero-order valence-corrected chi connectivity index (χ0v) is 16.9. The lowest BCUT2D eigenvalue weighted by Gasteiger charge is -2.13. The van der Waals surface area contributed by atoms with Crippen LogP contribution in [0.15, 0.2) is 0 Å². The van der Waals surface area contributed by atoms with E-state index < -0.39 is 5.92 Å². The second-order valence-corrected chi connectivity index (χ2v) is 7.76. The third-order valence-corrected chi connectivity index (χ3v) is 5.44. The number of hydrogen-bond donors (Lipinski definition) is 3. The zero-order valence-electron chi connectivity index (χ0n) is 16.9. The molecule has 1 atom stereocenters. The molecule has 1 rings (SSSR count). The molecule has 0 heterocycles. The summed E-state index contributed by atoms with van der Waals surface area (Å²) in [6, 6.07) is 0. The molecular weight excluding hydrogens is 326 g/mol. The third-order valence-electron chi connectivity index (χ3n) is 5.44. The summed E-state index contributed by atoms with van der Waals surface area (Å²) in [5, 5.41) is 10.3. The fraction of sp³-hybridized carbons (Fsp3) is 0.905. The smallest absolute Gasteiger partial charge is 0.230 e. The van der Waals surface area contributed by atoms with E-state index in [9.17, 15) is 4.79 Å². The van der Waals surface area contributed by atoms with Crippen molar-refractivity contribution >= 4 is 11.7 Å². The molecule has 1 amide bonds. The Bertz CT molecular complexity index is 381. The van der Waals surface area contributed by atoms with Crippen molar-refractivity contribution in [2.75, 3.05) is 19.8 Å². The molecule has 26 heavy (non-hydrogen) atoms.